The van der Waals surface area contributed by atoms with Gasteiger partial charge in [-0.3, -0.25) is 4.79 Å². The fourth-order valence-electron chi connectivity index (χ4n) is 2.73. The topological polar surface area (TPSA) is 66.5 Å². The number of rotatable bonds is 5. The Balaban J connectivity index is 1.70. The number of nitrogens with one attached hydrogen (secondary N) is 1. The highest BCUT2D eigenvalue weighted by Gasteiger charge is 2.35. The molecule has 0 radical (unpaired) electrons. The second-order valence-corrected chi connectivity index (χ2v) is 7.80. The maximum atomic E-state index is 12.5. The first-order valence-corrected chi connectivity index (χ1v) is 9.59. The Morgan fingerprint density at radius 3 is 2.46 bits per heavy atom. The van der Waals surface area contributed by atoms with Crippen LogP contribution in [0.25, 0.3) is 0 Å². The van der Waals surface area contributed by atoms with E-state index in [1.807, 2.05) is 30.3 Å². The zero-order valence-corrected chi connectivity index (χ0v) is 14.4. The molecule has 3 rings (SSSR count). The Kier molecular flexibility index (Phi) is 4.89. The average molecular weight is 365 g/mol. The summed E-state index contributed by atoms with van der Waals surface area (Å²) in [4.78, 5) is 14.1. The van der Waals surface area contributed by atoms with Crippen molar-refractivity contribution in [3.05, 3.63) is 65.2 Å². The lowest BCUT2D eigenvalue weighted by molar-refractivity contribution is -0.118. The Labute approximate surface area is 146 Å². The van der Waals surface area contributed by atoms with Crippen molar-refractivity contribution in [2.45, 2.75) is 18.2 Å². The van der Waals surface area contributed by atoms with Crippen molar-refractivity contribution < 1.29 is 13.2 Å². The third-order valence-corrected chi connectivity index (χ3v) is 5.60. The van der Waals surface area contributed by atoms with Gasteiger partial charge in [0.1, 0.15) is 6.04 Å². The van der Waals surface area contributed by atoms with E-state index >= 15 is 0 Å². The van der Waals surface area contributed by atoms with E-state index in [0.29, 0.717) is 23.6 Å². The van der Waals surface area contributed by atoms with Gasteiger partial charge in [0, 0.05) is 17.3 Å². The predicted octanol–water partition coefficient (Wildman–Crippen LogP) is 2.56. The van der Waals surface area contributed by atoms with E-state index in [4.69, 9.17) is 11.6 Å². The largest absolute Gasteiger partial charge is 0.311 e. The van der Waals surface area contributed by atoms with Crippen LogP contribution in [0, 0.1) is 0 Å². The number of para-hydroxylation sites is 1. The first kappa shape index (κ1) is 17.0. The summed E-state index contributed by atoms with van der Waals surface area (Å²) in [6, 6.07) is 15.3. The molecule has 0 spiro atoms. The van der Waals surface area contributed by atoms with Gasteiger partial charge in [-0.15, -0.1) is 0 Å². The fourth-order valence-corrected chi connectivity index (χ4v) is 4.41. The average Bonchev–Trinajstić information content (AvgIpc) is 2.91. The molecule has 2 aromatic carbocycles. The zero-order chi connectivity index (χ0) is 17.2. The number of hydrogen-bond donors (Lipinski definition) is 1. The second kappa shape index (κ2) is 6.93. The third-order valence-electron chi connectivity index (χ3n) is 3.90. The molecule has 0 bridgehead atoms. The molecule has 0 saturated carbocycles. The molecule has 1 aliphatic rings. The van der Waals surface area contributed by atoms with E-state index in [1.165, 1.54) is 0 Å². The molecular weight excluding hydrogens is 348 g/mol. The van der Waals surface area contributed by atoms with Gasteiger partial charge < -0.3 is 4.90 Å². The van der Waals surface area contributed by atoms with Crippen LogP contribution in [-0.4, -0.2) is 26.9 Å². The smallest absolute Gasteiger partial charge is 0.245 e. The molecule has 0 aromatic heterocycles. The standard InChI is InChI=1S/C17H17ClN2O3S/c18-15-9-5-4-6-13(15)12-24(22,23)19-16-10-11-20(17(16)21)14-7-2-1-3-8-14/h1-9,16,19H,10-12H2/t16-/m0/s1. The quantitative estimate of drug-likeness (QED) is 0.886. The number of benzene rings is 2. The van der Waals surface area contributed by atoms with E-state index in [9.17, 15) is 13.2 Å². The molecule has 7 heteroatoms. The normalized spacial score (nSPS) is 18.1. The Morgan fingerprint density at radius 2 is 1.75 bits per heavy atom. The van der Waals surface area contributed by atoms with E-state index < -0.39 is 16.1 Å². The van der Waals surface area contributed by atoms with Gasteiger partial charge in [0.2, 0.25) is 15.9 Å². The predicted molar refractivity (Wildman–Crippen MR) is 94.4 cm³/mol. The van der Waals surface area contributed by atoms with Crippen LogP contribution in [-0.2, 0) is 20.6 Å². The van der Waals surface area contributed by atoms with Crippen molar-refractivity contribution in [1.82, 2.24) is 4.72 Å². The summed E-state index contributed by atoms with van der Waals surface area (Å²) in [5.74, 6) is -0.481. The van der Waals surface area contributed by atoms with E-state index in [-0.39, 0.29) is 11.7 Å². The molecule has 1 N–H and O–H groups in total. The van der Waals surface area contributed by atoms with Gasteiger partial charge in [0.15, 0.2) is 0 Å². The minimum absolute atomic E-state index is 0.232. The molecule has 1 amide bonds. The van der Waals surface area contributed by atoms with Gasteiger partial charge in [-0.05, 0) is 30.2 Å². The summed E-state index contributed by atoms with van der Waals surface area (Å²) >= 11 is 6.01. The molecule has 0 aliphatic carbocycles. The zero-order valence-electron chi connectivity index (χ0n) is 12.9. The monoisotopic (exact) mass is 364 g/mol. The first-order chi connectivity index (χ1) is 11.5. The van der Waals surface area contributed by atoms with Crippen LogP contribution >= 0.6 is 11.6 Å². The summed E-state index contributed by atoms with van der Waals surface area (Å²) in [5.41, 5.74) is 1.28. The van der Waals surface area contributed by atoms with Crippen LogP contribution in [0.5, 0.6) is 0 Å². The molecular formula is C17H17ClN2O3S. The number of carbonyl (C=O) groups is 1. The van der Waals surface area contributed by atoms with Gasteiger partial charge in [-0.2, -0.15) is 0 Å². The first-order valence-electron chi connectivity index (χ1n) is 7.56. The van der Waals surface area contributed by atoms with Crippen LogP contribution in [0.15, 0.2) is 54.6 Å². The van der Waals surface area contributed by atoms with Crippen molar-refractivity contribution in [3.63, 3.8) is 0 Å². The molecule has 24 heavy (non-hydrogen) atoms. The highest BCUT2D eigenvalue weighted by Crippen LogP contribution is 2.22. The maximum Gasteiger partial charge on any atom is 0.245 e. The number of halogens is 1. The number of sulfonamides is 1. The number of nitrogens with zero attached hydrogens (tertiary/aromatic N) is 1. The lowest BCUT2D eigenvalue weighted by Gasteiger charge is -2.17. The molecule has 126 valence electrons. The third kappa shape index (κ3) is 3.77. The van der Waals surface area contributed by atoms with Crippen molar-refractivity contribution in [2.75, 3.05) is 11.4 Å². The van der Waals surface area contributed by atoms with Crippen LogP contribution in [0.3, 0.4) is 0 Å². The molecule has 0 unspecified atom stereocenters. The van der Waals surface area contributed by atoms with Gasteiger partial charge >= 0.3 is 0 Å². The van der Waals surface area contributed by atoms with Crippen molar-refractivity contribution in [3.8, 4) is 0 Å². The Hall–Kier alpha value is -1.89. The Bertz CT molecular complexity index is 840. The van der Waals surface area contributed by atoms with Crippen LogP contribution < -0.4 is 9.62 Å². The maximum absolute atomic E-state index is 12.5. The van der Waals surface area contributed by atoms with E-state index in [1.54, 1.807) is 29.2 Å². The second-order valence-electron chi connectivity index (χ2n) is 5.64. The summed E-state index contributed by atoms with van der Waals surface area (Å²) < 4.78 is 27.2. The molecule has 1 heterocycles. The summed E-state index contributed by atoms with van der Waals surface area (Å²) in [7, 11) is -3.66. The van der Waals surface area contributed by atoms with Crippen LogP contribution in [0.4, 0.5) is 5.69 Å². The van der Waals surface area contributed by atoms with Crippen LogP contribution in [0.1, 0.15) is 12.0 Å². The van der Waals surface area contributed by atoms with Crippen molar-refractivity contribution in [1.29, 1.82) is 0 Å². The number of anilines is 1. The van der Waals surface area contributed by atoms with Crippen LogP contribution in [0.2, 0.25) is 5.02 Å². The number of amides is 1. The van der Waals surface area contributed by atoms with E-state index in [0.717, 1.165) is 5.69 Å². The van der Waals surface area contributed by atoms with Crippen molar-refractivity contribution >= 4 is 33.2 Å². The lowest BCUT2D eigenvalue weighted by Crippen LogP contribution is -2.42. The molecule has 1 atom stereocenters. The number of carbonyl (C=O) groups excluding carboxylic acids is 1. The minimum atomic E-state index is -3.66. The summed E-state index contributed by atoms with van der Waals surface area (Å²) in [5, 5.41) is 0.395. The summed E-state index contributed by atoms with van der Waals surface area (Å²) in [6.07, 6.45) is 0.440. The van der Waals surface area contributed by atoms with Gasteiger partial charge in [0.25, 0.3) is 0 Å². The van der Waals surface area contributed by atoms with Gasteiger partial charge in [-0.25, -0.2) is 13.1 Å². The minimum Gasteiger partial charge on any atom is -0.311 e. The fraction of sp³-hybridized carbons (Fsp3) is 0.235. The molecule has 5 nitrogen and oxygen atoms in total. The molecule has 1 fully saturated rings. The van der Waals surface area contributed by atoms with Gasteiger partial charge in [-0.1, -0.05) is 48.0 Å². The van der Waals surface area contributed by atoms with Gasteiger partial charge in [0.05, 0.1) is 5.75 Å². The molecule has 1 aliphatic heterocycles. The van der Waals surface area contributed by atoms with E-state index in [2.05, 4.69) is 4.72 Å². The Morgan fingerprint density at radius 1 is 1.08 bits per heavy atom. The van der Waals surface area contributed by atoms with Crippen molar-refractivity contribution in [2.24, 2.45) is 0 Å². The highest BCUT2D eigenvalue weighted by molar-refractivity contribution is 7.88. The lowest BCUT2D eigenvalue weighted by atomic mass is 10.2. The SMILES string of the molecule is O=C1[C@@H](NS(=O)(=O)Cc2ccccc2Cl)CCN1c1ccccc1. The summed E-state index contributed by atoms with van der Waals surface area (Å²) in [6.45, 7) is 0.488. The molecule has 2 aromatic rings. The molecule has 1 saturated heterocycles. The highest BCUT2D eigenvalue weighted by atomic mass is 35.5. The number of hydrogen-bond acceptors (Lipinski definition) is 3.